The molecule has 0 aliphatic heterocycles. The van der Waals surface area contributed by atoms with Crippen LogP contribution in [-0.2, 0) is 6.61 Å². The van der Waals surface area contributed by atoms with Gasteiger partial charge in [0, 0.05) is 17.3 Å². The van der Waals surface area contributed by atoms with Gasteiger partial charge in [0.1, 0.15) is 5.75 Å². The maximum Gasteiger partial charge on any atom is 0.330 e. The van der Waals surface area contributed by atoms with Crippen LogP contribution in [0.4, 0.5) is 0 Å². The SMILES string of the molecule is COc1ccc(-c2cn(-c3cccc(C(=O)C=Cc4cc(CO)c(O)c(OC)c4)c3)c(=O)[nH]2)cc1. The van der Waals surface area contributed by atoms with Crippen LogP contribution in [0, 0.1) is 0 Å². The van der Waals surface area contributed by atoms with Crippen LogP contribution in [0.3, 0.4) is 0 Å². The molecule has 0 aliphatic carbocycles. The maximum absolute atomic E-state index is 12.8. The highest BCUT2D eigenvalue weighted by Gasteiger charge is 2.11. The van der Waals surface area contributed by atoms with E-state index < -0.39 is 0 Å². The minimum atomic E-state index is -0.371. The Morgan fingerprint density at radius 3 is 2.51 bits per heavy atom. The zero-order valence-corrected chi connectivity index (χ0v) is 19.2. The summed E-state index contributed by atoms with van der Waals surface area (Å²) in [5.41, 5.74) is 2.93. The van der Waals surface area contributed by atoms with E-state index in [0.29, 0.717) is 28.3 Å². The van der Waals surface area contributed by atoms with Crippen molar-refractivity contribution in [2.24, 2.45) is 0 Å². The lowest BCUT2D eigenvalue weighted by atomic mass is 10.1. The standard InChI is InChI=1S/C27H24N2O6/c1-34-22-9-7-18(8-10-22)23-15-29(27(33)28-23)21-5-3-4-19(14-21)24(31)11-6-17-12-20(16-30)26(32)25(13-17)35-2/h3-15,30,32H,16H2,1-2H3,(H,28,33). The van der Waals surface area contributed by atoms with Crippen LogP contribution in [-0.4, -0.2) is 39.8 Å². The molecule has 0 amide bonds. The molecule has 0 bridgehead atoms. The lowest BCUT2D eigenvalue weighted by Gasteiger charge is -2.08. The van der Waals surface area contributed by atoms with Gasteiger partial charge in [-0.05, 0) is 65.7 Å². The number of hydrogen-bond acceptors (Lipinski definition) is 6. The molecule has 35 heavy (non-hydrogen) atoms. The number of benzene rings is 3. The Bertz CT molecular complexity index is 1420. The number of H-pyrrole nitrogens is 1. The molecule has 178 valence electrons. The number of carbonyl (C=O) groups is 1. The first kappa shape index (κ1) is 23.6. The Balaban J connectivity index is 1.59. The number of aromatic hydroxyl groups is 1. The second-order valence-electron chi connectivity index (χ2n) is 7.71. The van der Waals surface area contributed by atoms with Gasteiger partial charge in [0.05, 0.1) is 32.2 Å². The summed E-state index contributed by atoms with van der Waals surface area (Å²) >= 11 is 0. The van der Waals surface area contributed by atoms with Gasteiger partial charge in [-0.2, -0.15) is 0 Å². The highest BCUT2D eigenvalue weighted by atomic mass is 16.5. The average molecular weight is 472 g/mol. The fraction of sp³-hybridized carbons (Fsp3) is 0.111. The number of ether oxygens (including phenoxy) is 2. The number of methoxy groups -OCH3 is 2. The van der Waals surface area contributed by atoms with E-state index in [-0.39, 0.29) is 35.1 Å². The lowest BCUT2D eigenvalue weighted by Crippen LogP contribution is -2.14. The molecule has 8 heteroatoms. The number of hydrogen-bond donors (Lipinski definition) is 3. The summed E-state index contributed by atoms with van der Waals surface area (Å²) in [5, 5.41) is 19.5. The highest BCUT2D eigenvalue weighted by molar-refractivity contribution is 6.07. The van der Waals surface area contributed by atoms with E-state index in [4.69, 9.17) is 9.47 Å². The molecule has 0 fully saturated rings. The van der Waals surface area contributed by atoms with Gasteiger partial charge in [-0.15, -0.1) is 0 Å². The van der Waals surface area contributed by atoms with E-state index in [1.807, 2.05) is 24.3 Å². The largest absolute Gasteiger partial charge is 0.504 e. The number of aliphatic hydroxyl groups is 1. The fourth-order valence-electron chi connectivity index (χ4n) is 3.64. The molecule has 4 rings (SSSR count). The van der Waals surface area contributed by atoms with Crippen LogP contribution in [0.25, 0.3) is 23.0 Å². The van der Waals surface area contributed by atoms with Crippen molar-refractivity contribution in [1.29, 1.82) is 0 Å². The van der Waals surface area contributed by atoms with Crippen molar-refractivity contribution in [1.82, 2.24) is 9.55 Å². The minimum absolute atomic E-state index is 0.142. The molecule has 0 radical (unpaired) electrons. The van der Waals surface area contributed by atoms with E-state index >= 15 is 0 Å². The van der Waals surface area contributed by atoms with Gasteiger partial charge in [0.15, 0.2) is 17.3 Å². The van der Waals surface area contributed by atoms with Crippen molar-refractivity contribution < 1.29 is 24.5 Å². The Labute approximate surface area is 201 Å². The zero-order valence-electron chi connectivity index (χ0n) is 19.2. The van der Waals surface area contributed by atoms with Crippen LogP contribution in [0.1, 0.15) is 21.5 Å². The van der Waals surface area contributed by atoms with Gasteiger partial charge in [-0.3, -0.25) is 9.36 Å². The van der Waals surface area contributed by atoms with E-state index in [1.165, 1.54) is 17.8 Å². The molecular weight excluding hydrogens is 448 g/mol. The van der Waals surface area contributed by atoms with E-state index in [9.17, 15) is 19.8 Å². The van der Waals surface area contributed by atoms with Gasteiger partial charge >= 0.3 is 5.69 Å². The predicted octanol–water partition coefficient (Wildman–Crippen LogP) is 3.94. The number of aliphatic hydroxyl groups excluding tert-OH is 1. The number of imidazole rings is 1. The van der Waals surface area contributed by atoms with E-state index in [2.05, 4.69) is 4.98 Å². The molecule has 0 aliphatic rings. The first-order valence-electron chi connectivity index (χ1n) is 10.7. The number of rotatable bonds is 8. The summed E-state index contributed by atoms with van der Waals surface area (Å²) in [6.07, 6.45) is 4.64. The normalized spacial score (nSPS) is 11.1. The van der Waals surface area contributed by atoms with Crippen molar-refractivity contribution >= 4 is 11.9 Å². The van der Waals surface area contributed by atoms with Crippen molar-refractivity contribution in [3.05, 3.63) is 100 Å². The third kappa shape index (κ3) is 5.02. The number of aromatic nitrogens is 2. The third-order valence-electron chi connectivity index (χ3n) is 5.52. The topological polar surface area (TPSA) is 114 Å². The van der Waals surface area contributed by atoms with Crippen LogP contribution >= 0.6 is 0 Å². The van der Waals surface area contributed by atoms with Crippen molar-refractivity contribution in [2.75, 3.05) is 14.2 Å². The lowest BCUT2D eigenvalue weighted by molar-refractivity contribution is 0.104. The summed E-state index contributed by atoms with van der Waals surface area (Å²) in [6, 6.07) is 17.2. The van der Waals surface area contributed by atoms with Gasteiger partial charge in [-0.25, -0.2) is 4.79 Å². The molecule has 4 aromatic rings. The predicted molar refractivity (Wildman–Crippen MR) is 132 cm³/mol. The van der Waals surface area contributed by atoms with E-state index in [1.54, 1.807) is 55.8 Å². The molecule has 0 atom stereocenters. The number of aromatic amines is 1. The van der Waals surface area contributed by atoms with Crippen LogP contribution in [0.5, 0.6) is 17.2 Å². The first-order valence-corrected chi connectivity index (χ1v) is 10.7. The Kier molecular flexibility index (Phi) is 6.84. The molecule has 3 N–H and O–H groups in total. The molecule has 1 aromatic heterocycles. The summed E-state index contributed by atoms with van der Waals surface area (Å²) in [7, 11) is 2.99. The Morgan fingerprint density at radius 2 is 1.83 bits per heavy atom. The van der Waals surface area contributed by atoms with Gasteiger partial charge in [0.2, 0.25) is 0 Å². The smallest absolute Gasteiger partial charge is 0.330 e. The molecule has 8 nitrogen and oxygen atoms in total. The third-order valence-corrected chi connectivity index (χ3v) is 5.52. The second kappa shape index (κ2) is 10.1. The number of nitrogens with one attached hydrogen (secondary N) is 1. The van der Waals surface area contributed by atoms with Crippen molar-refractivity contribution in [2.45, 2.75) is 6.61 Å². The highest BCUT2D eigenvalue weighted by Crippen LogP contribution is 2.32. The summed E-state index contributed by atoms with van der Waals surface area (Å²) in [4.78, 5) is 28.3. The van der Waals surface area contributed by atoms with Gasteiger partial charge in [-0.1, -0.05) is 18.2 Å². The second-order valence-corrected chi connectivity index (χ2v) is 7.71. The molecule has 0 saturated heterocycles. The van der Waals surface area contributed by atoms with E-state index in [0.717, 1.165) is 5.56 Å². The maximum atomic E-state index is 12.8. The monoisotopic (exact) mass is 472 g/mol. The molecular formula is C27H24N2O6. The fourth-order valence-corrected chi connectivity index (χ4v) is 3.64. The summed E-state index contributed by atoms with van der Waals surface area (Å²) in [5.74, 6) is 0.499. The number of ketones is 1. The molecule has 0 unspecified atom stereocenters. The van der Waals surface area contributed by atoms with Crippen molar-refractivity contribution in [3.8, 4) is 34.2 Å². The van der Waals surface area contributed by atoms with Crippen LogP contribution in [0.2, 0.25) is 0 Å². The van der Waals surface area contributed by atoms with Gasteiger partial charge < -0.3 is 24.7 Å². The first-order chi connectivity index (χ1) is 16.9. The molecule has 1 heterocycles. The molecule has 3 aromatic carbocycles. The summed E-state index contributed by atoms with van der Waals surface area (Å²) in [6.45, 7) is -0.371. The van der Waals surface area contributed by atoms with Crippen LogP contribution < -0.4 is 15.2 Å². The number of carbonyl (C=O) groups excluding carboxylic acids is 1. The minimum Gasteiger partial charge on any atom is -0.504 e. The van der Waals surface area contributed by atoms with Gasteiger partial charge in [0.25, 0.3) is 0 Å². The average Bonchev–Trinajstić information content (AvgIpc) is 3.29. The quantitative estimate of drug-likeness (QED) is 0.264. The Hall–Kier alpha value is -4.56. The molecule has 0 spiro atoms. The number of allylic oxidation sites excluding steroid dienone is 1. The molecule has 0 saturated carbocycles. The van der Waals surface area contributed by atoms with Crippen molar-refractivity contribution in [3.63, 3.8) is 0 Å². The number of nitrogens with zero attached hydrogens (tertiary/aromatic N) is 1. The van der Waals surface area contributed by atoms with Crippen LogP contribution in [0.15, 0.2) is 77.7 Å². The number of phenols is 1. The Morgan fingerprint density at radius 1 is 1.06 bits per heavy atom. The summed E-state index contributed by atoms with van der Waals surface area (Å²) < 4.78 is 11.7. The zero-order chi connectivity index (χ0) is 24.9.